The molecule has 0 heterocycles. The monoisotopic (exact) mass is 472 g/mol. The maximum absolute atomic E-state index is 6.27. The van der Waals surface area contributed by atoms with Crippen molar-refractivity contribution in [3.05, 3.63) is 0 Å². The Morgan fingerprint density at radius 2 is 0.806 bits per heavy atom. The summed E-state index contributed by atoms with van der Waals surface area (Å²) in [5, 5.41) is 0.558. The standard InChI is InChI=1S/C29H61ClSi/c1-6-10-11-12-13-14-15-16-17-18-19-20-21-22-23-24-25-26-29(5,27-28-30)31(7-2,8-3)9-4/h6-28H2,1-5H3. The van der Waals surface area contributed by atoms with Crippen LogP contribution in [-0.4, -0.2) is 14.0 Å². The van der Waals surface area contributed by atoms with Crippen LogP contribution in [0.15, 0.2) is 0 Å². The van der Waals surface area contributed by atoms with Gasteiger partial charge in [-0.1, -0.05) is 168 Å². The molecule has 0 radical (unpaired) electrons. The third-order valence-corrected chi connectivity index (χ3v) is 16.1. The van der Waals surface area contributed by atoms with Crippen LogP contribution >= 0.6 is 11.6 Å². The van der Waals surface area contributed by atoms with E-state index < -0.39 is 8.07 Å². The minimum atomic E-state index is -1.19. The number of alkyl halides is 1. The fourth-order valence-electron chi connectivity index (χ4n) is 6.13. The van der Waals surface area contributed by atoms with Crippen molar-refractivity contribution in [3.8, 4) is 0 Å². The van der Waals surface area contributed by atoms with Crippen molar-refractivity contribution in [3.63, 3.8) is 0 Å². The first kappa shape index (κ1) is 31.5. The summed E-state index contributed by atoms with van der Waals surface area (Å²) in [4.78, 5) is 0. The van der Waals surface area contributed by atoms with Crippen LogP contribution in [-0.2, 0) is 0 Å². The Labute approximate surface area is 205 Å². The molecular weight excluding hydrogens is 412 g/mol. The summed E-state index contributed by atoms with van der Waals surface area (Å²) < 4.78 is 0. The van der Waals surface area contributed by atoms with E-state index in [2.05, 4.69) is 34.6 Å². The lowest BCUT2D eigenvalue weighted by Crippen LogP contribution is -2.45. The Bertz CT molecular complexity index is 357. The highest BCUT2D eigenvalue weighted by molar-refractivity contribution is 6.82. The molecule has 1 atom stereocenters. The normalized spacial score (nSPS) is 14.1. The molecule has 0 aliphatic heterocycles. The third kappa shape index (κ3) is 13.7. The van der Waals surface area contributed by atoms with Crippen molar-refractivity contribution in [1.29, 1.82) is 0 Å². The van der Waals surface area contributed by atoms with E-state index in [1.165, 1.54) is 140 Å². The van der Waals surface area contributed by atoms with Crippen molar-refractivity contribution in [2.45, 2.75) is 180 Å². The van der Waals surface area contributed by atoms with Gasteiger partial charge in [-0.2, -0.15) is 0 Å². The van der Waals surface area contributed by atoms with Gasteiger partial charge in [0.05, 0.1) is 8.07 Å². The average Bonchev–Trinajstić information content (AvgIpc) is 2.77. The van der Waals surface area contributed by atoms with Crippen LogP contribution in [0.5, 0.6) is 0 Å². The molecule has 0 aromatic rings. The van der Waals surface area contributed by atoms with Gasteiger partial charge >= 0.3 is 0 Å². The molecule has 2 heteroatoms. The van der Waals surface area contributed by atoms with E-state index in [-0.39, 0.29) is 0 Å². The van der Waals surface area contributed by atoms with Crippen LogP contribution in [0, 0.1) is 0 Å². The van der Waals surface area contributed by atoms with E-state index in [4.69, 9.17) is 11.6 Å². The maximum atomic E-state index is 6.27. The highest BCUT2D eigenvalue weighted by Gasteiger charge is 2.44. The topological polar surface area (TPSA) is 0 Å². The molecule has 0 nitrogen and oxygen atoms in total. The minimum absolute atomic E-state index is 0.558. The second-order valence-electron chi connectivity index (χ2n) is 10.7. The molecule has 1 unspecified atom stereocenters. The van der Waals surface area contributed by atoms with Gasteiger partial charge in [0.25, 0.3) is 0 Å². The summed E-state index contributed by atoms with van der Waals surface area (Å²) in [6.45, 7) is 12.3. The summed E-state index contributed by atoms with van der Waals surface area (Å²) in [5.41, 5.74) is 0. The number of halogens is 1. The first-order chi connectivity index (χ1) is 15.1. The lowest BCUT2D eigenvalue weighted by Gasteiger charge is -2.47. The van der Waals surface area contributed by atoms with Crippen LogP contribution in [0.25, 0.3) is 0 Å². The molecule has 188 valence electrons. The van der Waals surface area contributed by atoms with Gasteiger partial charge in [0.1, 0.15) is 0 Å². The van der Waals surface area contributed by atoms with Crippen molar-refractivity contribution in [1.82, 2.24) is 0 Å². The number of rotatable bonds is 24. The van der Waals surface area contributed by atoms with Gasteiger partial charge < -0.3 is 0 Å². The lowest BCUT2D eigenvalue weighted by molar-refractivity contribution is 0.465. The predicted octanol–water partition coefficient (Wildman–Crippen LogP) is 11.9. The van der Waals surface area contributed by atoms with Crippen LogP contribution in [0.1, 0.15) is 157 Å². The molecule has 0 saturated carbocycles. The molecule has 0 N–H and O–H groups in total. The molecule has 0 bridgehead atoms. The van der Waals surface area contributed by atoms with E-state index in [1.807, 2.05) is 0 Å². The Balaban J connectivity index is 3.67. The summed E-state index contributed by atoms with van der Waals surface area (Å²) in [6, 6.07) is 4.31. The van der Waals surface area contributed by atoms with Crippen LogP contribution in [0.3, 0.4) is 0 Å². The van der Waals surface area contributed by atoms with E-state index in [9.17, 15) is 0 Å². The highest BCUT2D eigenvalue weighted by atomic mass is 35.5. The van der Waals surface area contributed by atoms with Gasteiger partial charge in [-0.25, -0.2) is 0 Å². The van der Waals surface area contributed by atoms with Gasteiger partial charge in [0, 0.05) is 5.88 Å². The van der Waals surface area contributed by atoms with E-state index in [0.29, 0.717) is 5.04 Å². The second kappa shape index (κ2) is 21.1. The summed E-state index contributed by atoms with van der Waals surface area (Å²) in [6.07, 6.45) is 27.5. The fraction of sp³-hybridized carbons (Fsp3) is 1.00. The average molecular weight is 473 g/mol. The van der Waals surface area contributed by atoms with E-state index in [0.717, 1.165) is 5.88 Å². The molecule has 31 heavy (non-hydrogen) atoms. The molecule has 0 rings (SSSR count). The Kier molecular flexibility index (Phi) is 21.4. The number of hydrogen-bond acceptors (Lipinski definition) is 0. The van der Waals surface area contributed by atoms with Gasteiger partial charge in [0.2, 0.25) is 0 Å². The van der Waals surface area contributed by atoms with Crippen LogP contribution in [0.2, 0.25) is 23.2 Å². The Hall–Kier alpha value is 0.507. The quantitative estimate of drug-likeness (QED) is 0.0743. The molecule has 0 aromatic heterocycles. The minimum Gasteiger partial charge on any atom is -0.127 e. The molecule has 0 aliphatic carbocycles. The molecule has 0 saturated heterocycles. The van der Waals surface area contributed by atoms with Crippen molar-refractivity contribution in [2.75, 3.05) is 5.88 Å². The number of unbranched alkanes of at least 4 members (excludes halogenated alkanes) is 16. The first-order valence-electron chi connectivity index (χ1n) is 14.6. The molecule has 0 aliphatic rings. The van der Waals surface area contributed by atoms with Gasteiger partial charge in [0.15, 0.2) is 0 Å². The Morgan fingerprint density at radius 1 is 0.484 bits per heavy atom. The molecular formula is C29H61ClSi. The molecule has 0 fully saturated rings. The zero-order valence-electron chi connectivity index (χ0n) is 22.6. The van der Waals surface area contributed by atoms with Crippen LogP contribution < -0.4 is 0 Å². The van der Waals surface area contributed by atoms with Crippen molar-refractivity contribution in [2.24, 2.45) is 0 Å². The molecule has 0 aromatic carbocycles. The molecule has 0 spiro atoms. The van der Waals surface area contributed by atoms with Gasteiger partial charge in [-0.15, -0.1) is 11.6 Å². The van der Waals surface area contributed by atoms with Gasteiger partial charge in [-0.3, -0.25) is 0 Å². The SMILES string of the molecule is CCCCCCCCCCCCCCCCCCCC(C)(CCCl)[Si](CC)(CC)CC. The smallest absolute Gasteiger partial charge is 0.0587 e. The third-order valence-electron chi connectivity index (χ3n) is 8.79. The molecule has 0 amide bonds. The van der Waals surface area contributed by atoms with Crippen molar-refractivity contribution >= 4 is 19.7 Å². The predicted molar refractivity (Wildman–Crippen MR) is 150 cm³/mol. The van der Waals surface area contributed by atoms with E-state index in [1.54, 1.807) is 0 Å². The van der Waals surface area contributed by atoms with Crippen molar-refractivity contribution < 1.29 is 0 Å². The summed E-state index contributed by atoms with van der Waals surface area (Å²) in [5.74, 6) is 0.851. The lowest BCUT2D eigenvalue weighted by atomic mass is 9.98. The highest BCUT2D eigenvalue weighted by Crippen LogP contribution is 2.51. The second-order valence-corrected chi connectivity index (χ2v) is 17.0. The summed E-state index contributed by atoms with van der Waals surface area (Å²) in [7, 11) is -1.19. The first-order valence-corrected chi connectivity index (χ1v) is 17.8. The maximum Gasteiger partial charge on any atom is 0.0587 e. The van der Waals surface area contributed by atoms with Crippen LogP contribution in [0.4, 0.5) is 0 Å². The van der Waals surface area contributed by atoms with E-state index >= 15 is 0 Å². The fourth-order valence-corrected chi connectivity index (χ4v) is 12.1. The summed E-state index contributed by atoms with van der Waals surface area (Å²) >= 11 is 6.27. The Morgan fingerprint density at radius 3 is 1.10 bits per heavy atom. The van der Waals surface area contributed by atoms with Gasteiger partial charge in [-0.05, 0) is 11.5 Å². The number of hydrogen-bond donors (Lipinski definition) is 0. The zero-order chi connectivity index (χ0) is 23.3. The zero-order valence-corrected chi connectivity index (χ0v) is 24.4. The largest absolute Gasteiger partial charge is 0.127 e.